The van der Waals surface area contributed by atoms with Crippen LogP contribution >= 0.6 is 12.2 Å². The Balaban J connectivity index is 2.04. The van der Waals surface area contributed by atoms with Gasteiger partial charge in [-0.3, -0.25) is 4.79 Å². The van der Waals surface area contributed by atoms with Crippen molar-refractivity contribution in [3.05, 3.63) is 59.4 Å². The molecule has 8 heteroatoms. The van der Waals surface area contributed by atoms with Gasteiger partial charge in [0.15, 0.2) is 16.6 Å². The number of allylic oxidation sites excluding steroid dienone is 1. The fourth-order valence-corrected chi connectivity index (χ4v) is 3.26. The first-order valence-electron chi connectivity index (χ1n) is 8.26. The number of para-hydroxylation sites is 1. The lowest BCUT2D eigenvalue weighted by molar-refractivity contribution is -0.113. The smallest absolute Gasteiger partial charge is 0.256 e. The summed E-state index contributed by atoms with van der Waals surface area (Å²) in [4.78, 5) is 17.2. The zero-order valence-electron chi connectivity index (χ0n) is 15.2. The average Bonchev–Trinajstić information content (AvgIpc) is 2.67. The summed E-state index contributed by atoms with van der Waals surface area (Å²) in [5, 5.41) is 9.41. The second kappa shape index (κ2) is 8.05. The Kier molecular flexibility index (Phi) is 5.56. The number of nitrogens with zero attached hydrogens (tertiary/aromatic N) is 1. The van der Waals surface area contributed by atoms with E-state index < -0.39 is 6.04 Å². The van der Waals surface area contributed by atoms with E-state index in [1.165, 1.54) is 0 Å². The van der Waals surface area contributed by atoms with Crippen LogP contribution in [0, 0.1) is 0 Å². The van der Waals surface area contributed by atoms with Gasteiger partial charge in [0, 0.05) is 17.5 Å². The Morgan fingerprint density at radius 1 is 1.19 bits per heavy atom. The molecule has 1 aromatic heterocycles. The lowest BCUT2D eigenvalue weighted by Crippen LogP contribution is -2.45. The highest BCUT2D eigenvalue weighted by molar-refractivity contribution is 7.80. The lowest BCUT2D eigenvalue weighted by Gasteiger charge is -2.31. The van der Waals surface area contributed by atoms with Gasteiger partial charge in [-0.25, -0.2) is 4.98 Å². The van der Waals surface area contributed by atoms with Crippen LogP contribution in [-0.2, 0) is 4.79 Å². The molecule has 1 aromatic carbocycles. The monoisotopic (exact) mass is 384 g/mol. The number of rotatable bonds is 5. The van der Waals surface area contributed by atoms with E-state index in [-0.39, 0.29) is 5.91 Å². The molecule has 3 N–H and O–H groups in total. The number of benzene rings is 1. The molecular weight excluding hydrogens is 364 g/mol. The summed E-state index contributed by atoms with van der Waals surface area (Å²) in [5.74, 6) is 1.29. The highest BCUT2D eigenvalue weighted by Crippen LogP contribution is 2.38. The number of methoxy groups -OCH3 is 2. The number of anilines is 1. The van der Waals surface area contributed by atoms with E-state index in [9.17, 15) is 4.79 Å². The first kappa shape index (κ1) is 18.7. The van der Waals surface area contributed by atoms with Crippen LogP contribution in [0.25, 0.3) is 0 Å². The molecule has 0 radical (unpaired) electrons. The molecule has 0 saturated carbocycles. The summed E-state index contributed by atoms with van der Waals surface area (Å²) in [6.45, 7) is 1.81. The zero-order valence-corrected chi connectivity index (χ0v) is 16.0. The van der Waals surface area contributed by atoms with Crippen LogP contribution < -0.4 is 25.4 Å². The van der Waals surface area contributed by atoms with Crippen LogP contribution in [0.2, 0.25) is 0 Å². The van der Waals surface area contributed by atoms with Gasteiger partial charge in [-0.05, 0) is 37.3 Å². The molecule has 2 heterocycles. The van der Waals surface area contributed by atoms with Crippen molar-refractivity contribution in [3.63, 3.8) is 0 Å². The van der Waals surface area contributed by atoms with Gasteiger partial charge in [-0.15, -0.1) is 0 Å². The molecule has 0 bridgehead atoms. The van der Waals surface area contributed by atoms with Gasteiger partial charge in [0.2, 0.25) is 0 Å². The number of hydrogen-bond acceptors (Lipinski definition) is 5. The first-order valence-corrected chi connectivity index (χ1v) is 8.67. The largest absolute Gasteiger partial charge is 0.493 e. The fourth-order valence-electron chi connectivity index (χ4n) is 2.99. The highest BCUT2D eigenvalue weighted by Gasteiger charge is 2.32. The minimum Gasteiger partial charge on any atom is -0.493 e. The standard InChI is InChI=1S/C19H20N4O3S/c1-11-15(18(24)22-14-9-4-5-10-20-14)16(23-19(27)21-11)12-7-6-8-13(25-2)17(12)26-3/h4-10,16H,1-3H3,(H,20,22,24)(H2,21,23,27). The summed E-state index contributed by atoms with van der Waals surface area (Å²) in [6, 6.07) is 10.3. The molecule has 140 valence electrons. The van der Waals surface area contributed by atoms with Crippen molar-refractivity contribution in [1.82, 2.24) is 15.6 Å². The van der Waals surface area contributed by atoms with E-state index in [1.807, 2.05) is 12.1 Å². The van der Waals surface area contributed by atoms with Gasteiger partial charge in [0.05, 0.1) is 25.8 Å². The van der Waals surface area contributed by atoms with E-state index in [0.29, 0.717) is 33.7 Å². The van der Waals surface area contributed by atoms with Crippen molar-refractivity contribution in [1.29, 1.82) is 0 Å². The molecule has 0 saturated heterocycles. The molecule has 1 amide bonds. The molecule has 2 aromatic rings. The van der Waals surface area contributed by atoms with Crippen molar-refractivity contribution < 1.29 is 14.3 Å². The number of pyridine rings is 1. The van der Waals surface area contributed by atoms with Crippen molar-refractivity contribution in [2.45, 2.75) is 13.0 Å². The minimum absolute atomic E-state index is 0.288. The third kappa shape index (κ3) is 3.85. The number of amides is 1. The Bertz CT molecular complexity index is 899. The van der Waals surface area contributed by atoms with Crippen molar-refractivity contribution in [2.24, 2.45) is 0 Å². The fraction of sp³-hybridized carbons (Fsp3) is 0.211. The molecule has 1 atom stereocenters. The molecule has 27 heavy (non-hydrogen) atoms. The number of nitrogens with one attached hydrogen (secondary N) is 3. The van der Waals surface area contributed by atoms with Gasteiger partial charge in [-0.2, -0.15) is 0 Å². The molecule has 1 aliphatic heterocycles. The summed E-state index contributed by atoms with van der Waals surface area (Å²) >= 11 is 5.30. The molecular formula is C19H20N4O3S. The van der Waals surface area contributed by atoms with Crippen molar-refractivity contribution >= 4 is 29.1 Å². The minimum atomic E-state index is -0.507. The molecule has 0 fully saturated rings. The summed E-state index contributed by atoms with van der Waals surface area (Å²) < 4.78 is 10.9. The quantitative estimate of drug-likeness (QED) is 0.683. The van der Waals surface area contributed by atoms with E-state index in [0.717, 1.165) is 5.56 Å². The predicted octanol–water partition coefficient (Wildman–Crippen LogP) is 2.53. The third-order valence-corrected chi connectivity index (χ3v) is 4.38. The Hall–Kier alpha value is -3.13. The maximum Gasteiger partial charge on any atom is 0.256 e. The third-order valence-electron chi connectivity index (χ3n) is 4.16. The highest BCUT2D eigenvalue weighted by atomic mass is 32.1. The first-order chi connectivity index (χ1) is 13.0. The van der Waals surface area contributed by atoms with Gasteiger partial charge < -0.3 is 25.4 Å². The molecule has 3 rings (SSSR count). The molecule has 1 aliphatic rings. The van der Waals surface area contributed by atoms with Crippen molar-refractivity contribution in [3.8, 4) is 11.5 Å². The summed E-state index contributed by atoms with van der Waals surface area (Å²) in [6.07, 6.45) is 1.62. The van der Waals surface area contributed by atoms with E-state index in [4.69, 9.17) is 21.7 Å². The van der Waals surface area contributed by atoms with Gasteiger partial charge in [0.1, 0.15) is 5.82 Å². The molecule has 7 nitrogen and oxygen atoms in total. The number of thiocarbonyl (C=S) groups is 1. The van der Waals surface area contributed by atoms with E-state index in [2.05, 4.69) is 20.9 Å². The van der Waals surface area contributed by atoms with Crippen LogP contribution in [0.4, 0.5) is 5.82 Å². The second-order valence-corrected chi connectivity index (χ2v) is 6.23. The normalized spacial score (nSPS) is 16.3. The maximum atomic E-state index is 13.0. The van der Waals surface area contributed by atoms with Gasteiger partial charge in [-0.1, -0.05) is 18.2 Å². The summed E-state index contributed by atoms with van der Waals surface area (Å²) in [5.41, 5.74) is 1.88. The lowest BCUT2D eigenvalue weighted by atomic mass is 9.94. The number of hydrogen-bond donors (Lipinski definition) is 3. The SMILES string of the molecule is COc1cccc(C2NC(=S)NC(C)=C2C(=O)Nc2ccccn2)c1OC. The van der Waals surface area contributed by atoms with Crippen LogP contribution in [0.3, 0.4) is 0 Å². The van der Waals surface area contributed by atoms with Crippen LogP contribution in [0.1, 0.15) is 18.5 Å². The Morgan fingerprint density at radius 2 is 2.00 bits per heavy atom. The topological polar surface area (TPSA) is 84.5 Å². The van der Waals surface area contributed by atoms with E-state index >= 15 is 0 Å². The van der Waals surface area contributed by atoms with Gasteiger partial charge in [0.25, 0.3) is 5.91 Å². The Labute approximate surface area is 162 Å². The zero-order chi connectivity index (χ0) is 19.4. The van der Waals surface area contributed by atoms with Gasteiger partial charge >= 0.3 is 0 Å². The molecule has 0 aliphatic carbocycles. The Morgan fingerprint density at radius 3 is 2.67 bits per heavy atom. The number of carbonyl (C=O) groups is 1. The average molecular weight is 384 g/mol. The number of carbonyl (C=O) groups excluding carboxylic acids is 1. The molecule has 0 spiro atoms. The van der Waals surface area contributed by atoms with E-state index in [1.54, 1.807) is 51.6 Å². The second-order valence-electron chi connectivity index (χ2n) is 5.82. The van der Waals surface area contributed by atoms with Crippen molar-refractivity contribution in [2.75, 3.05) is 19.5 Å². The molecule has 1 unspecified atom stereocenters. The maximum absolute atomic E-state index is 13.0. The van der Waals surface area contributed by atoms with Crippen LogP contribution in [0.15, 0.2) is 53.9 Å². The van der Waals surface area contributed by atoms with Crippen LogP contribution in [0.5, 0.6) is 11.5 Å². The predicted molar refractivity (Wildman–Crippen MR) is 107 cm³/mol. The number of aromatic nitrogens is 1. The summed E-state index contributed by atoms with van der Waals surface area (Å²) in [7, 11) is 3.13. The van der Waals surface area contributed by atoms with Crippen LogP contribution in [-0.4, -0.2) is 30.2 Å². The number of ether oxygens (including phenoxy) is 2.